The molecule has 0 radical (unpaired) electrons. The average molecular weight is 236 g/mol. The first-order valence-electron chi connectivity index (χ1n) is 6.31. The highest BCUT2D eigenvalue weighted by molar-refractivity contribution is 5.22. The lowest BCUT2D eigenvalue weighted by atomic mass is 10.0. The number of rotatable bonds is 4. The summed E-state index contributed by atoms with van der Waals surface area (Å²) in [5, 5.41) is 14.8. The number of hydrogen-bond acceptors (Lipinski definition) is 3. The van der Waals surface area contributed by atoms with E-state index in [1.807, 2.05) is 17.7 Å². The summed E-state index contributed by atoms with van der Waals surface area (Å²) in [4.78, 5) is 0. The Labute approximate surface area is 102 Å². The molecule has 0 saturated carbocycles. The summed E-state index contributed by atoms with van der Waals surface area (Å²) in [6.07, 6.45) is 3.89. The van der Waals surface area contributed by atoms with Gasteiger partial charge in [-0.2, -0.15) is 5.10 Å². The van der Waals surface area contributed by atoms with Gasteiger partial charge in [-0.05, 0) is 37.8 Å². The van der Waals surface area contributed by atoms with E-state index in [2.05, 4.69) is 12.0 Å². The van der Waals surface area contributed by atoms with Crippen LogP contribution in [0.5, 0.6) is 0 Å². The van der Waals surface area contributed by atoms with E-state index in [4.69, 9.17) is 4.74 Å². The maximum Gasteiger partial charge on any atom is 0.120 e. The molecule has 94 valence electrons. The second kappa shape index (κ2) is 5.36. The lowest BCUT2D eigenvalue weighted by molar-refractivity contribution is 0.163. The topological polar surface area (TPSA) is 47.3 Å². The summed E-state index contributed by atoms with van der Waals surface area (Å²) in [6, 6.07) is 1.99. The molecule has 0 amide bonds. The summed E-state index contributed by atoms with van der Waals surface area (Å²) in [5.41, 5.74) is 2.85. The minimum absolute atomic E-state index is 0.581. The van der Waals surface area contributed by atoms with E-state index in [0.717, 1.165) is 49.4 Å². The Morgan fingerprint density at radius 3 is 2.94 bits per heavy atom. The summed E-state index contributed by atoms with van der Waals surface area (Å²) >= 11 is 0. The molecule has 1 aromatic rings. The van der Waals surface area contributed by atoms with Crippen LogP contribution in [0, 0.1) is 0 Å². The van der Waals surface area contributed by atoms with Crippen molar-refractivity contribution in [3.05, 3.63) is 29.3 Å². The lowest BCUT2D eigenvalue weighted by Gasteiger charge is -2.19. The van der Waals surface area contributed by atoms with Crippen LogP contribution < -0.4 is 0 Å². The maximum atomic E-state index is 10.4. The third kappa shape index (κ3) is 2.52. The van der Waals surface area contributed by atoms with E-state index in [1.165, 1.54) is 0 Å². The molecule has 1 unspecified atom stereocenters. The normalized spacial score (nSPS) is 17.5. The Kier molecular flexibility index (Phi) is 3.84. The zero-order valence-corrected chi connectivity index (χ0v) is 10.5. The smallest absolute Gasteiger partial charge is 0.120 e. The number of aliphatic hydroxyl groups excluding tert-OH is 1. The van der Waals surface area contributed by atoms with E-state index >= 15 is 0 Å². The van der Waals surface area contributed by atoms with Crippen molar-refractivity contribution in [1.29, 1.82) is 0 Å². The molecule has 1 atom stereocenters. The Hall–Kier alpha value is -1.29. The highest BCUT2D eigenvalue weighted by Gasteiger charge is 2.20. The predicted octanol–water partition coefficient (Wildman–Crippen LogP) is 2.19. The third-order valence-corrected chi connectivity index (χ3v) is 3.12. The number of aryl methyl sites for hydroxylation is 2. The van der Waals surface area contributed by atoms with Crippen LogP contribution in [-0.2, 0) is 17.7 Å². The third-order valence-electron chi connectivity index (χ3n) is 3.12. The van der Waals surface area contributed by atoms with Gasteiger partial charge < -0.3 is 9.84 Å². The number of ether oxygens (including phenoxy) is 1. The lowest BCUT2D eigenvalue weighted by Crippen LogP contribution is -2.12. The van der Waals surface area contributed by atoms with Gasteiger partial charge in [0.2, 0.25) is 0 Å². The van der Waals surface area contributed by atoms with Crippen LogP contribution in [-0.4, -0.2) is 21.5 Å². The van der Waals surface area contributed by atoms with Crippen molar-refractivity contribution >= 4 is 0 Å². The van der Waals surface area contributed by atoms with Gasteiger partial charge >= 0.3 is 0 Å². The zero-order chi connectivity index (χ0) is 12.3. The maximum absolute atomic E-state index is 10.4. The number of hydrogen-bond donors (Lipinski definition) is 1. The molecule has 4 nitrogen and oxygen atoms in total. The van der Waals surface area contributed by atoms with E-state index in [9.17, 15) is 5.11 Å². The second-order valence-corrected chi connectivity index (χ2v) is 4.30. The summed E-state index contributed by atoms with van der Waals surface area (Å²) in [6.45, 7) is 5.64. The average Bonchev–Trinajstić information content (AvgIpc) is 2.82. The quantitative estimate of drug-likeness (QED) is 0.871. The molecule has 2 rings (SSSR count). The van der Waals surface area contributed by atoms with Gasteiger partial charge in [0.05, 0.1) is 24.3 Å². The Bertz CT molecular complexity index is 410. The molecule has 4 heteroatoms. The molecule has 1 N–H and O–H groups in total. The molecule has 0 aliphatic carbocycles. The minimum Gasteiger partial charge on any atom is -0.501 e. The minimum atomic E-state index is -0.581. The number of aliphatic hydroxyl groups is 1. The molecule has 1 aliphatic rings. The molecule has 1 aliphatic heterocycles. The molecule has 2 heterocycles. The van der Waals surface area contributed by atoms with Gasteiger partial charge in [0.15, 0.2) is 0 Å². The fourth-order valence-corrected chi connectivity index (χ4v) is 2.11. The van der Waals surface area contributed by atoms with Crippen LogP contribution in [0.1, 0.15) is 44.2 Å². The van der Waals surface area contributed by atoms with Crippen molar-refractivity contribution in [3.63, 3.8) is 0 Å². The summed E-state index contributed by atoms with van der Waals surface area (Å²) < 4.78 is 7.15. The molecule has 1 aromatic heterocycles. The number of aromatic nitrogens is 2. The second-order valence-electron chi connectivity index (χ2n) is 4.30. The first-order valence-corrected chi connectivity index (χ1v) is 6.31. The van der Waals surface area contributed by atoms with Gasteiger partial charge in [0.1, 0.15) is 6.10 Å². The Morgan fingerprint density at radius 1 is 1.53 bits per heavy atom. The highest BCUT2D eigenvalue weighted by atomic mass is 16.5. The van der Waals surface area contributed by atoms with E-state index < -0.39 is 6.10 Å². The van der Waals surface area contributed by atoms with Gasteiger partial charge in [0, 0.05) is 6.54 Å². The molecular weight excluding hydrogens is 216 g/mol. The van der Waals surface area contributed by atoms with Gasteiger partial charge in [-0.25, -0.2) is 0 Å². The van der Waals surface area contributed by atoms with Crippen LogP contribution in [0.15, 0.2) is 17.9 Å². The van der Waals surface area contributed by atoms with E-state index in [0.29, 0.717) is 0 Å². The SMILES string of the molecule is CCc1cc(C(O)C2=COCCC2)n(CC)n1. The molecule has 0 spiro atoms. The van der Waals surface area contributed by atoms with Crippen molar-refractivity contribution in [1.82, 2.24) is 9.78 Å². The Morgan fingerprint density at radius 2 is 2.35 bits per heavy atom. The van der Waals surface area contributed by atoms with Crippen LogP contribution in [0.25, 0.3) is 0 Å². The summed E-state index contributed by atoms with van der Waals surface area (Å²) in [7, 11) is 0. The molecule has 17 heavy (non-hydrogen) atoms. The van der Waals surface area contributed by atoms with Crippen molar-refractivity contribution in [2.24, 2.45) is 0 Å². The van der Waals surface area contributed by atoms with Crippen LogP contribution >= 0.6 is 0 Å². The highest BCUT2D eigenvalue weighted by Crippen LogP contribution is 2.28. The summed E-state index contributed by atoms with van der Waals surface area (Å²) in [5.74, 6) is 0. The van der Waals surface area contributed by atoms with Gasteiger partial charge in [-0.15, -0.1) is 0 Å². The van der Waals surface area contributed by atoms with Crippen molar-refractivity contribution in [2.75, 3.05) is 6.61 Å². The molecule has 0 fully saturated rings. The molecule has 0 saturated heterocycles. The molecule has 0 aromatic carbocycles. The van der Waals surface area contributed by atoms with Crippen LogP contribution in [0.3, 0.4) is 0 Å². The Balaban J connectivity index is 2.25. The first kappa shape index (κ1) is 12.2. The van der Waals surface area contributed by atoms with Crippen molar-refractivity contribution in [3.8, 4) is 0 Å². The van der Waals surface area contributed by atoms with E-state index in [-0.39, 0.29) is 0 Å². The molecular formula is C13H20N2O2. The standard InChI is InChI=1S/C13H20N2O2/c1-3-11-8-12(15(4-2)14-11)13(16)10-6-5-7-17-9-10/h8-9,13,16H,3-7H2,1-2H3. The zero-order valence-electron chi connectivity index (χ0n) is 10.5. The monoisotopic (exact) mass is 236 g/mol. The van der Waals surface area contributed by atoms with Crippen molar-refractivity contribution < 1.29 is 9.84 Å². The van der Waals surface area contributed by atoms with Gasteiger partial charge in [-0.1, -0.05) is 6.92 Å². The van der Waals surface area contributed by atoms with Gasteiger partial charge in [-0.3, -0.25) is 4.68 Å². The van der Waals surface area contributed by atoms with Gasteiger partial charge in [0.25, 0.3) is 0 Å². The molecule has 0 bridgehead atoms. The fraction of sp³-hybridized carbons (Fsp3) is 0.615. The van der Waals surface area contributed by atoms with E-state index in [1.54, 1.807) is 6.26 Å². The first-order chi connectivity index (χ1) is 8.26. The van der Waals surface area contributed by atoms with Crippen LogP contribution in [0.4, 0.5) is 0 Å². The largest absolute Gasteiger partial charge is 0.501 e. The number of nitrogens with zero attached hydrogens (tertiary/aromatic N) is 2. The fourth-order valence-electron chi connectivity index (χ4n) is 2.11. The van der Waals surface area contributed by atoms with Crippen molar-refractivity contribution in [2.45, 2.75) is 45.8 Å². The van der Waals surface area contributed by atoms with Crippen LogP contribution in [0.2, 0.25) is 0 Å². The predicted molar refractivity (Wildman–Crippen MR) is 65.5 cm³/mol.